The molecule has 28 heavy (non-hydrogen) atoms. The molecule has 0 N–H and O–H groups in total. The number of carbonyl (C=O) groups excluding carboxylic acids is 1. The first-order valence-electron chi connectivity index (χ1n) is 9.68. The maximum absolute atomic E-state index is 13.2. The number of likely N-dealkylation sites (tertiary alicyclic amines) is 1. The molecule has 0 aromatic heterocycles. The minimum absolute atomic E-state index is 0.125. The Hall–Kier alpha value is -2.89. The molecule has 6 heteroatoms. The van der Waals surface area contributed by atoms with Gasteiger partial charge in [-0.1, -0.05) is 55.8 Å². The van der Waals surface area contributed by atoms with Crippen molar-refractivity contribution in [1.82, 2.24) is 4.90 Å². The summed E-state index contributed by atoms with van der Waals surface area (Å²) in [6, 6.07) is 15.2. The number of benzene rings is 2. The second-order valence-corrected chi connectivity index (χ2v) is 7.18. The Labute approximate surface area is 165 Å². The minimum atomic E-state index is -0.974. The Balaban J connectivity index is 1.99. The third-order valence-electron chi connectivity index (χ3n) is 5.42. The summed E-state index contributed by atoms with van der Waals surface area (Å²) in [5, 5.41) is 12.1. The Morgan fingerprint density at radius 3 is 2.36 bits per heavy atom. The summed E-state index contributed by atoms with van der Waals surface area (Å²) in [6.07, 6.45) is 2.12. The molecular formula is C22H26N2O4. The zero-order valence-corrected chi connectivity index (χ0v) is 16.3. The summed E-state index contributed by atoms with van der Waals surface area (Å²) < 4.78 is 5.20. The third-order valence-corrected chi connectivity index (χ3v) is 5.42. The van der Waals surface area contributed by atoms with E-state index >= 15 is 0 Å². The summed E-state index contributed by atoms with van der Waals surface area (Å²) in [5.74, 6) is -0.104. The summed E-state index contributed by atoms with van der Waals surface area (Å²) in [7, 11) is 1.58. The second-order valence-electron chi connectivity index (χ2n) is 7.18. The zero-order valence-electron chi connectivity index (χ0n) is 16.3. The first-order chi connectivity index (χ1) is 13.6. The maximum Gasteiger partial charge on any atom is 0.249 e. The lowest BCUT2D eigenvalue weighted by molar-refractivity contribution is -0.532. The third kappa shape index (κ3) is 4.01. The molecule has 1 aliphatic heterocycles. The number of hydrogen-bond donors (Lipinski definition) is 0. The van der Waals surface area contributed by atoms with Gasteiger partial charge in [0.25, 0.3) is 0 Å². The molecule has 2 aromatic carbocycles. The van der Waals surface area contributed by atoms with E-state index in [1.165, 1.54) is 0 Å². The summed E-state index contributed by atoms with van der Waals surface area (Å²) >= 11 is 0. The van der Waals surface area contributed by atoms with Crippen LogP contribution in [0.4, 0.5) is 0 Å². The number of rotatable bonds is 8. The Bertz CT molecular complexity index is 807. The van der Waals surface area contributed by atoms with Gasteiger partial charge in [-0.05, 0) is 36.1 Å². The van der Waals surface area contributed by atoms with E-state index < -0.39 is 18.0 Å². The van der Waals surface area contributed by atoms with E-state index in [2.05, 4.69) is 6.92 Å². The maximum atomic E-state index is 13.2. The summed E-state index contributed by atoms with van der Waals surface area (Å²) in [5.41, 5.74) is 1.72. The SMILES string of the molecule is CCCCN1C(=O)[C@H](Cc2ccccc2)[C@@H]([N+](=O)[O-])[C@@H]1c1ccc(OC)cc1. The van der Waals surface area contributed by atoms with Crippen molar-refractivity contribution in [3.05, 3.63) is 75.8 Å². The topological polar surface area (TPSA) is 72.7 Å². The number of nitro groups is 1. The number of hydrogen-bond acceptors (Lipinski definition) is 4. The number of methoxy groups -OCH3 is 1. The van der Waals surface area contributed by atoms with Crippen LogP contribution in [0.3, 0.4) is 0 Å². The molecule has 0 unspecified atom stereocenters. The Kier molecular flexibility index (Phi) is 6.29. The predicted octanol–water partition coefficient (Wildman–Crippen LogP) is 3.88. The summed E-state index contributed by atoms with van der Waals surface area (Å²) in [6.45, 7) is 2.58. The average molecular weight is 382 g/mol. The molecule has 6 nitrogen and oxygen atoms in total. The Morgan fingerprint density at radius 1 is 1.11 bits per heavy atom. The van der Waals surface area contributed by atoms with Gasteiger partial charge in [-0.3, -0.25) is 14.9 Å². The average Bonchev–Trinajstić information content (AvgIpc) is 2.99. The normalized spacial score (nSPS) is 21.7. The van der Waals surface area contributed by atoms with Gasteiger partial charge in [0.2, 0.25) is 11.9 Å². The molecule has 3 atom stereocenters. The van der Waals surface area contributed by atoms with E-state index in [1.807, 2.05) is 42.5 Å². The fourth-order valence-electron chi connectivity index (χ4n) is 3.99. The molecule has 0 aliphatic carbocycles. The lowest BCUT2D eigenvalue weighted by Gasteiger charge is -2.25. The van der Waals surface area contributed by atoms with Crippen molar-refractivity contribution in [2.45, 2.75) is 38.3 Å². The van der Waals surface area contributed by atoms with Crippen LogP contribution in [-0.2, 0) is 11.2 Å². The van der Waals surface area contributed by atoms with Crippen molar-refractivity contribution in [2.75, 3.05) is 13.7 Å². The molecule has 0 radical (unpaired) electrons. The van der Waals surface area contributed by atoms with Crippen molar-refractivity contribution in [3.8, 4) is 5.75 Å². The highest BCUT2D eigenvalue weighted by molar-refractivity contribution is 5.83. The molecule has 2 aromatic rings. The molecule has 1 saturated heterocycles. The van der Waals surface area contributed by atoms with Crippen LogP contribution in [0.5, 0.6) is 5.75 Å². The number of nitrogens with zero attached hydrogens (tertiary/aromatic N) is 2. The predicted molar refractivity (Wildman–Crippen MR) is 107 cm³/mol. The van der Waals surface area contributed by atoms with Gasteiger partial charge in [-0.25, -0.2) is 0 Å². The van der Waals surface area contributed by atoms with Crippen LogP contribution >= 0.6 is 0 Å². The van der Waals surface area contributed by atoms with E-state index in [9.17, 15) is 14.9 Å². The molecule has 1 aliphatic rings. The van der Waals surface area contributed by atoms with Gasteiger partial charge < -0.3 is 9.64 Å². The quantitative estimate of drug-likeness (QED) is 0.513. The number of ether oxygens (including phenoxy) is 1. The van der Waals surface area contributed by atoms with Crippen LogP contribution in [0.15, 0.2) is 54.6 Å². The lowest BCUT2D eigenvalue weighted by atomic mass is 9.89. The summed E-state index contributed by atoms with van der Waals surface area (Å²) in [4.78, 5) is 26.8. The molecule has 1 heterocycles. The standard InChI is InChI=1S/C22H26N2O4/c1-3-4-14-23-20(17-10-12-18(28-2)13-11-17)21(24(26)27)19(22(23)25)15-16-8-6-5-7-9-16/h5-13,19-21H,3-4,14-15H2,1-2H3/t19-,20+,21-/m1/s1. The van der Waals surface area contributed by atoms with Gasteiger partial charge in [0, 0.05) is 11.5 Å². The number of amides is 1. The molecule has 0 spiro atoms. The largest absolute Gasteiger partial charge is 0.497 e. The van der Waals surface area contributed by atoms with Crippen LogP contribution < -0.4 is 4.74 Å². The minimum Gasteiger partial charge on any atom is -0.497 e. The van der Waals surface area contributed by atoms with Gasteiger partial charge in [-0.2, -0.15) is 0 Å². The number of unbranched alkanes of at least 4 members (excludes halogenated alkanes) is 1. The molecule has 1 amide bonds. The van der Waals surface area contributed by atoms with Crippen LogP contribution in [0.1, 0.15) is 36.9 Å². The van der Waals surface area contributed by atoms with Crippen molar-refractivity contribution in [1.29, 1.82) is 0 Å². The van der Waals surface area contributed by atoms with Crippen molar-refractivity contribution >= 4 is 5.91 Å². The Morgan fingerprint density at radius 2 is 1.79 bits per heavy atom. The van der Waals surface area contributed by atoms with Crippen LogP contribution in [0.2, 0.25) is 0 Å². The van der Waals surface area contributed by atoms with E-state index in [0.29, 0.717) is 18.7 Å². The molecular weight excluding hydrogens is 356 g/mol. The van der Waals surface area contributed by atoms with E-state index in [0.717, 1.165) is 24.0 Å². The van der Waals surface area contributed by atoms with Crippen LogP contribution in [0.25, 0.3) is 0 Å². The van der Waals surface area contributed by atoms with E-state index in [4.69, 9.17) is 4.74 Å². The monoisotopic (exact) mass is 382 g/mol. The fraction of sp³-hybridized carbons (Fsp3) is 0.409. The van der Waals surface area contributed by atoms with Crippen molar-refractivity contribution in [3.63, 3.8) is 0 Å². The van der Waals surface area contributed by atoms with Gasteiger partial charge >= 0.3 is 0 Å². The van der Waals surface area contributed by atoms with Gasteiger partial charge in [0.1, 0.15) is 17.7 Å². The van der Waals surface area contributed by atoms with Gasteiger partial charge in [0.05, 0.1) is 7.11 Å². The number of carbonyl (C=O) groups is 1. The molecule has 148 valence electrons. The van der Waals surface area contributed by atoms with Crippen molar-refractivity contribution in [2.24, 2.45) is 5.92 Å². The van der Waals surface area contributed by atoms with E-state index in [1.54, 1.807) is 24.1 Å². The first kappa shape index (κ1) is 19.9. The molecule has 3 rings (SSSR count). The smallest absolute Gasteiger partial charge is 0.249 e. The van der Waals surface area contributed by atoms with Gasteiger partial charge in [0.15, 0.2) is 0 Å². The highest BCUT2D eigenvalue weighted by atomic mass is 16.6. The highest BCUT2D eigenvalue weighted by Crippen LogP contribution is 2.40. The molecule has 0 saturated carbocycles. The van der Waals surface area contributed by atoms with Gasteiger partial charge in [-0.15, -0.1) is 0 Å². The zero-order chi connectivity index (χ0) is 20.1. The first-order valence-corrected chi connectivity index (χ1v) is 9.68. The molecule has 0 bridgehead atoms. The lowest BCUT2D eigenvalue weighted by Crippen LogP contribution is -2.34. The van der Waals surface area contributed by atoms with Crippen LogP contribution in [0, 0.1) is 16.0 Å². The van der Waals surface area contributed by atoms with Crippen molar-refractivity contribution < 1.29 is 14.5 Å². The van der Waals surface area contributed by atoms with Crippen LogP contribution in [-0.4, -0.2) is 35.4 Å². The fourth-order valence-corrected chi connectivity index (χ4v) is 3.99. The van der Waals surface area contributed by atoms with E-state index in [-0.39, 0.29) is 10.8 Å². The highest BCUT2D eigenvalue weighted by Gasteiger charge is 2.55. The second kappa shape index (κ2) is 8.87. The molecule has 1 fully saturated rings.